The van der Waals surface area contributed by atoms with Crippen LogP contribution in [0.25, 0.3) is 11.1 Å². The predicted octanol–water partition coefficient (Wildman–Crippen LogP) is 2.42. The summed E-state index contributed by atoms with van der Waals surface area (Å²) in [5, 5.41) is 20.0. The fraction of sp³-hybridized carbons (Fsp3) is 0.242. The van der Waals surface area contributed by atoms with E-state index in [4.69, 9.17) is 14.2 Å². The summed E-state index contributed by atoms with van der Waals surface area (Å²) in [6, 6.07) is 18.5. The molecule has 4 aromatic carbocycles. The van der Waals surface area contributed by atoms with Gasteiger partial charge in [0, 0.05) is 23.6 Å². The van der Waals surface area contributed by atoms with Gasteiger partial charge in [0.15, 0.2) is 0 Å². The van der Waals surface area contributed by atoms with Crippen molar-refractivity contribution >= 4 is 5.97 Å². The second-order valence-corrected chi connectivity index (χ2v) is 9.39. The van der Waals surface area contributed by atoms with Crippen LogP contribution in [0.15, 0.2) is 72.8 Å². The summed E-state index contributed by atoms with van der Waals surface area (Å²) in [5.41, 5.74) is 2.46. The van der Waals surface area contributed by atoms with Gasteiger partial charge in [0.05, 0.1) is 13.2 Å². The molecule has 0 saturated heterocycles. The molecule has 0 aliphatic rings. The van der Waals surface area contributed by atoms with E-state index in [1.165, 1.54) is 24.3 Å². The van der Waals surface area contributed by atoms with Gasteiger partial charge in [0.2, 0.25) is 0 Å². The summed E-state index contributed by atoms with van der Waals surface area (Å²) < 4.78 is 45.4. The maximum atomic E-state index is 14.2. The van der Waals surface area contributed by atoms with E-state index in [0.717, 1.165) is 23.6 Å². The molecule has 0 aliphatic heterocycles. The van der Waals surface area contributed by atoms with Gasteiger partial charge in [-0.05, 0) is 66.4 Å². The van der Waals surface area contributed by atoms with Crippen LogP contribution in [0.3, 0.4) is 0 Å². The Morgan fingerprint density at radius 2 is 1.47 bits per heavy atom. The van der Waals surface area contributed by atoms with Crippen LogP contribution in [0.4, 0.5) is 8.78 Å². The van der Waals surface area contributed by atoms with Crippen LogP contribution in [0.5, 0.6) is 28.7 Å². The molecule has 10 heteroatoms. The molecule has 0 spiro atoms. The average Bonchev–Trinajstić information content (AvgIpc) is 2.95. The van der Waals surface area contributed by atoms with E-state index in [9.17, 15) is 23.8 Å². The van der Waals surface area contributed by atoms with Crippen molar-refractivity contribution in [1.82, 2.24) is 0 Å². The first-order valence-corrected chi connectivity index (χ1v) is 13.5. The van der Waals surface area contributed by atoms with Gasteiger partial charge in [-0.15, -0.1) is 0 Å². The Labute approximate surface area is 297 Å². The molecule has 0 aliphatic carbocycles. The summed E-state index contributed by atoms with van der Waals surface area (Å²) in [6.45, 7) is 4.67. The molecule has 0 atom stereocenters. The predicted molar refractivity (Wildman–Crippen MR) is 155 cm³/mol. The number of hydrogen-bond donors (Lipinski definition) is 2. The standard InChI is InChI=1S/C33H32F2O6.2Na.2H/c1-3-8-24-28(10-6-11-29(24)41-30-12-5-9-26(35)32(30)33(37)38)39-17-7-18-40-31-20-27(36)25(19-21(31)4-2)22-13-15-23(34)16-14-22;;;;/h5-6,9-16,19-20,36H,3-4,7-8,17-18H2,1-2H3,(H,37,38);;;;/q;2*+1;2*-1. The van der Waals surface area contributed by atoms with Gasteiger partial charge >= 0.3 is 65.1 Å². The van der Waals surface area contributed by atoms with Crippen molar-refractivity contribution < 1.29 is 100.0 Å². The molecule has 0 heterocycles. The molecule has 0 bridgehead atoms. The Kier molecular flexibility index (Phi) is 15.0. The first-order valence-electron chi connectivity index (χ1n) is 13.5. The molecule has 0 radical (unpaired) electrons. The number of carboxylic acids is 1. The topological polar surface area (TPSA) is 85.2 Å². The number of phenols is 1. The minimum absolute atomic E-state index is 0. The molecule has 0 amide bonds. The third-order valence-corrected chi connectivity index (χ3v) is 6.52. The summed E-state index contributed by atoms with van der Waals surface area (Å²) >= 11 is 0. The summed E-state index contributed by atoms with van der Waals surface area (Å²) in [6.07, 6.45) is 2.63. The van der Waals surface area contributed by atoms with E-state index in [1.807, 2.05) is 26.0 Å². The maximum Gasteiger partial charge on any atom is 1.00 e. The number of aryl methyl sites for hydroxylation is 1. The Morgan fingerprint density at radius 1 is 0.837 bits per heavy atom. The van der Waals surface area contributed by atoms with Gasteiger partial charge < -0.3 is 27.3 Å². The van der Waals surface area contributed by atoms with Gasteiger partial charge in [-0.1, -0.05) is 44.5 Å². The normalized spacial score (nSPS) is 10.3. The van der Waals surface area contributed by atoms with E-state index in [2.05, 4.69) is 0 Å². The molecule has 218 valence electrons. The van der Waals surface area contributed by atoms with Crippen molar-refractivity contribution in [1.29, 1.82) is 0 Å². The SMILES string of the molecule is CCCc1c(OCCCOc2cc(O)c(-c3ccc(F)cc3)cc2CC)cccc1Oc1cccc(F)c1C(=O)O.[H-].[H-].[Na+].[Na+]. The fourth-order valence-electron chi connectivity index (χ4n) is 4.50. The van der Waals surface area contributed by atoms with Gasteiger partial charge in [0.25, 0.3) is 0 Å². The average molecular weight is 611 g/mol. The van der Waals surface area contributed by atoms with E-state index in [0.29, 0.717) is 60.9 Å². The van der Waals surface area contributed by atoms with Crippen molar-refractivity contribution in [2.24, 2.45) is 0 Å². The molecule has 0 unspecified atom stereocenters. The molecule has 6 nitrogen and oxygen atoms in total. The second kappa shape index (κ2) is 17.6. The Morgan fingerprint density at radius 3 is 2.12 bits per heavy atom. The van der Waals surface area contributed by atoms with E-state index in [-0.39, 0.29) is 79.3 Å². The monoisotopic (exact) mass is 610 g/mol. The first kappa shape index (κ1) is 36.6. The molecule has 0 fully saturated rings. The van der Waals surface area contributed by atoms with Crippen LogP contribution in [-0.4, -0.2) is 29.4 Å². The van der Waals surface area contributed by atoms with Crippen molar-refractivity contribution in [3.05, 3.63) is 101 Å². The molecular formula is C33H34F2Na2O6. The molecule has 4 aromatic rings. The Bertz CT molecular complexity index is 1520. The van der Waals surface area contributed by atoms with Crippen molar-refractivity contribution in [3.63, 3.8) is 0 Å². The van der Waals surface area contributed by atoms with Crippen LogP contribution in [0.2, 0.25) is 0 Å². The van der Waals surface area contributed by atoms with Crippen LogP contribution in [0.1, 0.15) is 51.0 Å². The van der Waals surface area contributed by atoms with E-state index >= 15 is 0 Å². The molecular weight excluding hydrogens is 576 g/mol. The van der Waals surface area contributed by atoms with Gasteiger partial charge in [-0.2, -0.15) is 0 Å². The minimum Gasteiger partial charge on any atom is -1.00 e. The Balaban J connectivity index is 0.00000484. The van der Waals surface area contributed by atoms with Crippen LogP contribution in [-0.2, 0) is 12.8 Å². The maximum absolute atomic E-state index is 14.2. The fourth-order valence-corrected chi connectivity index (χ4v) is 4.50. The molecule has 0 saturated carbocycles. The van der Waals surface area contributed by atoms with E-state index < -0.39 is 17.3 Å². The molecule has 43 heavy (non-hydrogen) atoms. The quantitative estimate of drug-likeness (QED) is 0.179. The number of aromatic carboxylic acids is 1. The molecule has 4 rings (SSSR count). The largest absolute Gasteiger partial charge is 1.00 e. The number of ether oxygens (including phenoxy) is 3. The zero-order valence-electron chi connectivity index (χ0n) is 27.0. The summed E-state index contributed by atoms with van der Waals surface area (Å²) in [7, 11) is 0. The zero-order chi connectivity index (χ0) is 29.4. The first-order chi connectivity index (χ1) is 19.8. The zero-order valence-corrected chi connectivity index (χ0v) is 29.0. The number of carbonyl (C=O) groups is 1. The van der Waals surface area contributed by atoms with E-state index in [1.54, 1.807) is 30.3 Å². The molecule has 2 N–H and O–H groups in total. The third kappa shape index (κ3) is 9.45. The van der Waals surface area contributed by atoms with Crippen LogP contribution >= 0.6 is 0 Å². The summed E-state index contributed by atoms with van der Waals surface area (Å²) in [5.74, 6) is -1.10. The van der Waals surface area contributed by atoms with Crippen molar-refractivity contribution in [2.75, 3.05) is 13.2 Å². The number of phenolic OH excluding ortho intramolecular Hbond substituents is 1. The Hall–Kier alpha value is -2.59. The second-order valence-electron chi connectivity index (χ2n) is 9.39. The van der Waals surface area contributed by atoms with Gasteiger partial charge in [-0.25, -0.2) is 13.6 Å². The van der Waals surface area contributed by atoms with Gasteiger partial charge in [0.1, 0.15) is 45.9 Å². The van der Waals surface area contributed by atoms with Crippen LogP contribution in [0, 0.1) is 11.6 Å². The number of benzene rings is 4. The summed E-state index contributed by atoms with van der Waals surface area (Å²) in [4.78, 5) is 11.6. The van der Waals surface area contributed by atoms with Crippen molar-refractivity contribution in [2.45, 2.75) is 39.5 Å². The number of hydrogen-bond acceptors (Lipinski definition) is 5. The smallest absolute Gasteiger partial charge is 1.00 e. The van der Waals surface area contributed by atoms with Crippen LogP contribution < -0.4 is 73.3 Å². The number of aromatic hydroxyl groups is 1. The van der Waals surface area contributed by atoms with Gasteiger partial charge in [-0.3, -0.25) is 0 Å². The van der Waals surface area contributed by atoms with Crippen molar-refractivity contribution in [3.8, 4) is 39.9 Å². The third-order valence-electron chi connectivity index (χ3n) is 6.52. The molecule has 0 aromatic heterocycles. The number of carboxylic acid groups (broad SMARTS) is 1. The minimum atomic E-state index is -1.41. The number of halogens is 2. The number of rotatable bonds is 13.